The summed E-state index contributed by atoms with van der Waals surface area (Å²) in [4.78, 5) is 6.46. The Bertz CT molecular complexity index is 1880. The van der Waals surface area contributed by atoms with Gasteiger partial charge in [0.25, 0.3) is 0 Å². The number of nitrogens with one attached hydrogen (secondary N) is 2. The number of methoxy groups -OCH3 is 1. The van der Waals surface area contributed by atoms with E-state index in [9.17, 15) is 30.4 Å². The summed E-state index contributed by atoms with van der Waals surface area (Å²) in [6.07, 6.45) is -4.58. The maximum atomic E-state index is 13.8. The minimum Gasteiger partial charge on any atom is -0.759 e. The Kier molecular flexibility index (Phi) is 9.54. The molecule has 17 heteroatoms. The molecule has 0 bridgehead atoms. The Morgan fingerprint density at radius 1 is 1.02 bits per heavy atom. The van der Waals surface area contributed by atoms with E-state index in [0.717, 1.165) is 52.3 Å². The van der Waals surface area contributed by atoms with Crippen molar-refractivity contribution in [1.29, 1.82) is 0 Å². The van der Waals surface area contributed by atoms with Crippen molar-refractivity contribution in [2.75, 3.05) is 7.11 Å². The van der Waals surface area contributed by atoms with E-state index >= 15 is 0 Å². The van der Waals surface area contributed by atoms with Gasteiger partial charge in [-0.3, -0.25) is 4.21 Å². The Hall–Kier alpha value is -3.58. The minimum atomic E-state index is -4.58. The number of thiazole rings is 1. The summed E-state index contributed by atoms with van der Waals surface area (Å²) in [7, 11) is -2.63. The van der Waals surface area contributed by atoms with Crippen molar-refractivity contribution in [2.45, 2.75) is 30.3 Å². The molecule has 0 radical (unpaired) electrons. The molecule has 0 aliphatic rings. The fourth-order valence-electron chi connectivity index (χ4n) is 4.33. The highest BCUT2D eigenvalue weighted by atomic mass is 32.2. The van der Waals surface area contributed by atoms with E-state index in [-0.39, 0.29) is 28.9 Å². The minimum absolute atomic E-state index is 0.112. The first-order valence-electron chi connectivity index (χ1n) is 12.7. The second kappa shape index (κ2) is 13.2. The van der Waals surface area contributed by atoms with Crippen LogP contribution in [-0.2, 0) is 50.9 Å². The highest BCUT2D eigenvalue weighted by Gasteiger charge is 2.37. The van der Waals surface area contributed by atoms with Crippen LogP contribution < -0.4 is 10.3 Å². The molecule has 2 heterocycles. The lowest BCUT2D eigenvalue weighted by atomic mass is 10.0. The molecule has 232 valence electrons. The highest BCUT2D eigenvalue weighted by Crippen LogP contribution is 2.38. The van der Waals surface area contributed by atoms with E-state index in [0.29, 0.717) is 16.8 Å². The number of sulfone groups is 1. The first kappa shape index (κ1) is 31.8. The molecule has 3 aromatic carbocycles. The maximum absolute atomic E-state index is 13.8. The van der Waals surface area contributed by atoms with Gasteiger partial charge in [-0.1, -0.05) is 42.5 Å². The van der Waals surface area contributed by atoms with E-state index in [2.05, 4.69) is 20.6 Å². The van der Waals surface area contributed by atoms with Crippen molar-refractivity contribution in [1.82, 2.24) is 25.4 Å². The molecule has 11 nitrogen and oxygen atoms in total. The molecular formula is C27H23F3N5O6S3-. The van der Waals surface area contributed by atoms with Crippen LogP contribution in [-0.4, -0.2) is 39.5 Å². The average Bonchev–Trinajstić information content (AvgIpc) is 3.59. The van der Waals surface area contributed by atoms with Crippen LogP contribution in [0.25, 0.3) is 21.3 Å². The SMILES string of the molecule is COCc1ccc(-c2ccc3nc(C(c4nnc(CNNS(=O)[O-])o4)S(=O)(=O)Cc4ccc(C(F)(F)F)cc4)sc3c2)cc1. The number of hydrogen-bond acceptors (Lipinski definition) is 11. The van der Waals surface area contributed by atoms with Crippen LogP contribution in [0, 0.1) is 0 Å². The van der Waals surface area contributed by atoms with E-state index in [1.165, 1.54) is 0 Å². The van der Waals surface area contributed by atoms with Crippen LogP contribution in [0.3, 0.4) is 0 Å². The predicted octanol–water partition coefficient (Wildman–Crippen LogP) is 4.60. The molecular weight excluding hydrogens is 644 g/mol. The zero-order valence-corrected chi connectivity index (χ0v) is 25.1. The lowest BCUT2D eigenvalue weighted by Gasteiger charge is -2.13. The molecule has 0 aliphatic carbocycles. The van der Waals surface area contributed by atoms with Crippen LogP contribution in [0.4, 0.5) is 13.2 Å². The lowest BCUT2D eigenvalue weighted by Crippen LogP contribution is -2.32. The van der Waals surface area contributed by atoms with E-state index in [4.69, 9.17) is 9.15 Å². The van der Waals surface area contributed by atoms with E-state index in [1.54, 1.807) is 13.2 Å². The zero-order valence-electron chi connectivity index (χ0n) is 22.7. The molecule has 5 aromatic rings. The summed E-state index contributed by atoms with van der Waals surface area (Å²) in [6, 6.07) is 17.1. The Morgan fingerprint density at radius 2 is 1.70 bits per heavy atom. The van der Waals surface area contributed by atoms with Crippen LogP contribution in [0.1, 0.15) is 38.7 Å². The van der Waals surface area contributed by atoms with E-state index < -0.39 is 43.8 Å². The summed E-state index contributed by atoms with van der Waals surface area (Å²) >= 11 is -1.53. The van der Waals surface area contributed by atoms with Gasteiger partial charge in [-0.25, -0.2) is 18.8 Å². The quantitative estimate of drug-likeness (QED) is 0.142. The van der Waals surface area contributed by atoms with E-state index in [1.807, 2.05) is 41.2 Å². The van der Waals surface area contributed by atoms with Crippen LogP contribution >= 0.6 is 11.3 Å². The van der Waals surface area contributed by atoms with Crippen LogP contribution in [0.2, 0.25) is 0 Å². The van der Waals surface area contributed by atoms with Gasteiger partial charge in [0.15, 0.2) is 15.1 Å². The van der Waals surface area contributed by atoms with Crippen LogP contribution in [0.15, 0.2) is 71.1 Å². The van der Waals surface area contributed by atoms with Gasteiger partial charge in [-0.15, -0.1) is 21.5 Å². The third-order valence-electron chi connectivity index (χ3n) is 6.34. The van der Waals surface area contributed by atoms with Gasteiger partial charge in [-0.05, 0) is 46.5 Å². The normalized spacial score (nSPS) is 13.8. The number of nitrogens with zero attached hydrogens (tertiary/aromatic N) is 3. The number of fused-ring (bicyclic) bond motifs is 1. The first-order valence-corrected chi connectivity index (χ1v) is 16.3. The summed E-state index contributed by atoms with van der Waals surface area (Å²) in [5.74, 6) is -1.09. The number of hydrogen-bond donors (Lipinski definition) is 2. The molecule has 2 N–H and O–H groups in total. The topological polar surface area (TPSA) is 159 Å². The molecule has 44 heavy (non-hydrogen) atoms. The van der Waals surface area contributed by atoms with Crippen molar-refractivity contribution in [3.63, 3.8) is 0 Å². The Morgan fingerprint density at radius 3 is 2.36 bits per heavy atom. The molecule has 2 aromatic heterocycles. The molecule has 0 spiro atoms. The number of ether oxygens (including phenoxy) is 1. The van der Waals surface area contributed by atoms with Gasteiger partial charge < -0.3 is 13.7 Å². The Balaban J connectivity index is 1.50. The number of halogens is 3. The number of rotatable bonds is 12. The highest BCUT2D eigenvalue weighted by molar-refractivity contribution is 7.91. The van der Waals surface area contributed by atoms with Crippen molar-refractivity contribution in [3.8, 4) is 11.1 Å². The molecule has 0 aliphatic heterocycles. The van der Waals surface area contributed by atoms with Gasteiger partial charge in [0.1, 0.15) is 5.01 Å². The summed E-state index contributed by atoms with van der Waals surface area (Å²) in [5, 5.41) is 6.26. The second-order valence-electron chi connectivity index (χ2n) is 9.47. The zero-order chi connectivity index (χ0) is 31.5. The maximum Gasteiger partial charge on any atom is 0.416 e. The van der Waals surface area contributed by atoms with Gasteiger partial charge in [0, 0.05) is 18.4 Å². The smallest absolute Gasteiger partial charge is 0.416 e. The summed E-state index contributed by atoms with van der Waals surface area (Å²) in [5.41, 5.74) is 4.85. The standard InChI is InChI=1S/C27H24F3N5O6S3/c1-40-14-16-2-6-18(7-3-16)19-8-11-21-22(12-19)42-26(32-21)24(25-34-33-23(41-25)13-31-35-43(36)37)44(38,39)15-17-4-9-20(10-5-17)27(28,29)30/h2-12,24,31,35H,13-15H2,1H3,(H,36,37)/p-1. The third-order valence-corrected chi connectivity index (χ3v) is 9.76. The van der Waals surface area contributed by atoms with Crippen molar-refractivity contribution < 1.29 is 39.5 Å². The van der Waals surface area contributed by atoms with Gasteiger partial charge in [-0.2, -0.15) is 18.0 Å². The predicted molar refractivity (Wildman–Crippen MR) is 155 cm³/mol. The molecule has 0 amide bonds. The number of benzene rings is 3. The number of aromatic nitrogens is 3. The van der Waals surface area contributed by atoms with Gasteiger partial charge in [0.05, 0.1) is 34.7 Å². The third kappa shape index (κ3) is 7.55. The van der Waals surface area contributed by atoms with Crippen molar-refractivity contribution >= 4 is 42.7 Å². The largest absolute Gasteiger partial charge is 0.759 e. The molecule has 5 rings (SSSR count). The van der Waals surface area contributed by atoms with Gasteiger partial charge >= 0.3 is 6.18 Å². The Labute approximate surface area is 255 Å². The average molecular weight is 667 g/mol. The fraction of sp³-hybridized carbons (Fsp3) is 0.222. The molecule has 2 unspecified atom stereocenters. The molecule has 0 saturated carbocycles. The second-order valence-corrected chi connectivity index (χ2v) is 13.3. The first-order chi connectivity index (χ1) is 20.9. The van der Waals surface area contributed by atoms with Crippen LogP contribution in [0.5, 0.6) is 0 Å². The number of alkyl halides is 3. The summed E-state index contributed by atoms with van der Waals surface area (Å²) in [6.45, 7) is 0.223. The molecule has 2 atom stereocenters. The lowest BCUT2D eigenvalue weighted by molar-refractivity contribution is -0.137. The number of hydrazine groups is 1. The van der Waals surface area contributed by atoms with Crippen molar-refractivity contribution in [3.05, 3.63) is 100 Å². The van der Waals surface area contributed by atoms with Gasteiger partial charge in [0.2, 0.25) is 11.8 Å². The summed E-state index contributed by atoms with van der Waals surface area (Å²) < 4.78 is 99.7. The fourth-order valence-corrected chi connectivity index (χ4v) is 7.67. The molecule has 0 fully saturated rings. The van der Waals surface area contributed by atoms with Crippen molar-refractivity contribution in [2.24, 2.45) is 0 Å². The monoisotopic (exact) mass is 666 g/mol. The molecule has 0 saturated heterocycles.